The lowest BCUT2D eigenvalue weighted by Crippen LogP contribution is -2.44. The molecule has 1 saturated carbocycles. The smallest absolute Gasteiger partial charge is 0.273 e. The van der Waals surface area contributed by atoms with Crippen molar-refractivity contribution in [3.63, 3.8) is 0 Å². The van der Waals surface area contributed by atoms with Gasteiger partial charge in [-0.2, -0.15) is 0 Å². The van der Waals surface area contributed by atoms with E-state index in [0.29, 0.717) is 12.1 Å². The fraction of sp³-hybridized carbons (Fsp3) is 0.680. The summed E-state index contributed by atoms with van der Waals surface area (Å²) in [6, 6.07) is 9.70. The maximum atomic E-state index is 13.3. The molecule has 0 bridgehead atoms. The summed E-state index contributed by atoms with van der Waals surface area (Å²) in [5.41, 5.74) is 8.85. The molecule has 0 radical (unpaired) electrons. The van der Waals surface area contributed by atoms with Crippen LogP contribution in [-0.4, -0.2) is 39.1 Å². The second-order valence-electron chi connectivity index (χ2n) is 9.64. The lowest BCUT2D eigenvalue weighted by molar-refractivity contribution is 0.101. The predicted molar refractivity (Wildman–Crippen MR) is 124 cm³/mol. The number of likely N-dealkylation sites (tertiary alicyclic amines) is 1. The number of fused-ring (bicyclic) bond motifs is 1. The van der Waals surface area contributed by atoms with E-state index in [1.807, 2.05) is 28.8 Å². The summed E-state index contributed by atoms with van der Waals surface area (Å²) in [5.74, 6) is 0.213. The van der Waals surface area contributed by atoms with Gasteiger partial charge in [0.25, 0.3) is 5.56 Å². The molecule has 30 heavy (non-hydrogen) atoms. The van der Waals surface area contributed by atoms with Gasteiger partial charge >= 0.3 is 0 Å². The molecule has 2 N–H and O–H groups in total. The van der Waals surface area contributed by atoms with Crippen LogP contribution < -0.4 is 11.3 Å². The minimum absolute atomic E-state index is 0.103. The highest BCUT2D eigenvalue weighted by Gasteiger charge is 2.28. The van der Waals surface area contributed by atoms with E-state index in [1.165, 1.54) is 32.2 Å². The van der Waals surface area contributed by atoms with Crippen LogP contribution in [0.5, 0.6) is 0 Å². The predicted octanol–water partition coefficient (Wildman–Crippen LogP) is 4.42. The SMILES string of the molecule is C[C@@H]1CCC[C@H](C)N1CCCCCn1c(=O)c(C2CCC(N)C2)nc2ccccc21. The Morgan fingerprint density at radius 3 is 2.47 bits per heavy atom. The second-order valence-corrected chi connectivity index (χ2v) is 9.64. The third-order valence-corrected chi connectivity index (χ3v) is 7.41. The van der Waals surface area contributed by atoms with E-state index in [-0.39, 0.29) is 17.5 Å². The van der Waals surface area contributed by atoms with Crippen molar-refractivity contribution in [2.75, 3.05) is 6.54 Å². The summed E-state index contributed by atoms with van der Waals surface area (Å²) in [6.45, 7) is 6.70. The molecule has 1 aromatic heterocycles. The fourth-order valence-corrected chi connectivity index (χ4v) is 5.62. The van der Waals surface area contributed by atoms with Gasteiger partial charge in [0.05, 0.1) is 11.0 Å². The molecule has 2 aliphatic rings. The number of nitrogens with zero attached hydrogens (tertiary/aromatic N) is 3. The molecular formula is C25H38N4O. The van der Waals surface area contributed by atoms with Crippen molar-refractivity contribution in [2.45, 2.75) is 102 Å². The maximum Gasteiger partial charge on any atom is 0.273 e. The third-order valence-electron chi connectivity index (χ3n) is 7.41. The molecule has 5 heteroatoms. The molecule has 2 heterocycles. The molecule has 164 valence electrons. The molecule has 1 saturated heterocycles. The number of rotatable bonds is 7. The average molecular weight is 411 g/mol. The first kappa shape index (κ1) is 21.5. The molecule has 2 unspecified atom stereocenters. The summed E-state index contributed by atoms with van der Waals surface area (Å²) in [7, 11) is 0. The number of para-hydroxylation sites is 2. The summed E-state index contributed by atoms with van der Waals surface area (Å²) in [5, 5.41) is 0. The number of nitrogens with two attached hydrogens (primary N) is 1. The lowest BCUT2D eigenvalue weighted by atomic mass is 9.97. The topological polar surface area (TPSA) is 64.2 Å². The van der Waals surface area contributed by atoms with Gasteiger partial charge in [-0.05, 0) is 77.5 Å². The van der Waals surface area contributed by atoms with Crippen molar-refractivity contribution in [1.82, 2.24) is 14.5 Å². The van der Waals surface area contributed by atoms with E-state index < -0.39 is 0 Å². The van der Waals surface area contributed by atoms with Crippen LogP contribution >= 0.6 is 0 Å². The number of hydrogen-bond acceptors (Lipinski definition) is 4. The molecule has 4 rings (SSSR count). The van der Waals surface area contributed by atoms with E-state index in [4.69, 9.17) is 10.7 Å². The maximum absolute atomic E-state index is 13.3. The van der Waals surface area contributed by atoms with E-state index in [2.05, 4.69) is 18.7 Å². The van der Waals surface area contributed by atoms with Crippen LogP contribution in [0.4, 0.5) is 0 Å². The summed E-state index contributed by atoms with van der Waals surface area (Å²) >= 11 is 0. The van der Waals surface area contributed by atoms with Gasteiger partial charge in [0.1, 0.15) is 5.69 Å². The van der Waals surface area contributed by atoms with Crippen molar-refractivity contribution >= 4 is 11.0 Å². The Kier molecular flexibility index (Phi) is 6.89. The first-order valence-corrected chi connectivity index (χ1v) is 12.1. The molecule has 1 aromatic carbocycles. The van der Waals surface area contributed by atoms with Crippen LogP contribution in [0.2, 0.25) is 0 Å². The van der Waals surface area contributed by atoms with Crippen LogP contribution in [0.25, 0.3) is 11.0 Å². The molecule has 2 fully saturated rings. The monoisotopic (exact) mass is 410 g/mol. The summed E-state index contributed by atoms with van der Waals surface area (Å²) in [4.78, 5) is 20.8. The van der Waals surface area contributed by atoms with Crippen molar-refractivity contribution in [2.24, 2.45) is 5.73 Å². The van der Waals surface area contributed by atoms with Gasteiger partial charge < -0.3 is 10.3 Å². The van der Waals surface area contributed by atoms with Gasteiger partial charge in [-0.1, -0.05) is 25.0 Å². The van der Waals surface area contributed by atoms with Crippen molar-refractivity contribution in [3.05, 3.63) is 40.3 Å². The first-order chi connectivity index (χ1) is 14.5. The Morgan fingerprint density at radius 2 is 1.73 bits per heavy atom. The number of unbranched alkanes of at least 4 members (excludes halogenated alkanes) is 2. The molecule has 1 aliphatic carbocycles. The van der Waals surface area contributed by atoms with E-state index in [1.54, 1.807) is 0 Å². The highest BCUT2D eigenvalue weighted by atomic mass is 16.1. The van der Waals surface area contributed by atoms with Gasteiger partial charge in [0.2, 0.25) is 0 Å². The van der Waals surface area contributed by atoms with Crippen molar-refractivity contribution in [1.29, 1.82) is 0 Å². The Morgan fingerprint density at radius 1 is 1.00 bits per heavy atom. The molecule has 4 atom stereocenters. The number of benzene rings is 1. The van der Waals surface area contributed by atoms with E-state index >= 15 is 0 Å². The van der Waals surface area contributed by atoms with Gasteiger partial charge in [0, 0.05) is 30.6 Å². The van der Waals surface area contributed by atoms with Gasteiger partial charge in [-0.3, -0.25) is 9.69 Å². The zero-order chi connectivity index (χ0) is 21.1. The zero-order valence-corrected chi connectivity index (χ0v) is 18.7. The Bertz CT molecular complexity index is 898. The number of aromatic nitrogens is 2. The molecule has 0 spiro atoms. The third kappa shape index (κ3) is 4.62. The molecule has 2 aromatic rings. The van der Waals surface area contributed by atoms with Crippen LogP contribution in [0, 0.1) is 0 Å². The minimum Gasteiger partial charge on any atom is -0.328 e. The zero-order valence-electron chi connectivity index (χ0n) is 18.7. The van der Waals surface area contributed by atoms with E-state index in [0.717, 1.165) is 55.4 Å². The molecular weight excluding hydrogens is 372 g/mol. The number of piperidine rings is 1. The van der Waals surface area contributed by atoms with Crippen molar-refractivity contribution in [3.8, 4) is 0 Å². The standard InChI is InChI=1S/C25H38N4O/c1-18-9-8-10-19(2)28(18)15-6-3-7-16-29-23-12-5-4-11-22(23)27-24(25(29)30)20-13-14-21(26)17-20/h4-5,11-12,18-21H,3,6-10,13-17,26H2,1-2H3/t18-,19+,20?,21?. The largest absolute Gasteiger partial charge is 0.328 e. The van der Waals surface area contributed by atoms with Gasteiger partial charge in [0.15, 0.2) is 0 Å². The molecule has 1 aliphatic heterocycles. The second kappa shape index (κ2) is 9.61. The fourth-order valence-electron chi connectivity index (χ4n) is 5.62. The summed E-state index contributed by atoms with van der Waals surface area (Å²) in [6.07, 6.45) is 10.3. The quantitative estimate of drug-likeness (QED) is 0.686. The normalized spacial score (nSPS) is 27.7. The Hall–Kier alpha value is -1.72. The number of hydrogen-bond donors (Lipinski definition) is 1. The lowest BCUT2D eigenvalue weighted by Gasteiger charge is -2.39. The highest BCUT2D eigenvalue weighted by Crippen LogP contribution is 2.31. The van der Waals surface area contributed by atoms with Crippen LogP contribution in [0.1, 0.15) is 83.2 Å². The average Bonchev–Trinajstić information content (AvgIpc) is 3.16. The number of aryl methyl sites for hydroxylation is 1. The highest BCUT2D eigenvalue weighted by molar-refractivity contribution is 5.74. The Labute approximate surface area is 180 Å². The van der Waals surface area contributed by atoms with Gasteiger partial charge in [-0.25, -0.2) is 4.98 Å². The van der Waals surface area contributed by atoms with Crippen molar-refractivity contribution < 1.29 is 0 Å². The van der Waals surface area contributed by atoms with Crippen LogP contribution in [0.15, 0.2) is 29.1 Å². The van der Waals surface area contributed by atoms with Crippen LogP contribution in [0.3, 0.4) is 0 Å². The van der Waals surface area contributed by atoms with Gasteiger partial charge in [-0.15, -0.1) is 0 Å². The summed E-state index contributed by atoms with van der Waals surface area (Å²) < 4.78 is 1.98. The minimum atomic E-state index is 0.103. The van der Waals surface area contributed by atoms with E-state index in [9.17, 15) is 4.79 Å². The van der Waals surface area contributed by atoms with Crippen LogP contribution in [-0.2, 0) is 6.54 Å². The Balaban J connectivity index is 1.43. The molecule has 5 nitrogen and oxygen atoms in total. The molecule has 0 amide bonds. The first-order valence-electron chi connectivity index (χ1n) is 12.1.